The summed E-state index contributed by atoms with van der Waals surface area (Å²) in [5.74, 6) is 0.900. The third-order valence-corrected chi connectivity index (χ3v) is 5.07. The Hall–Kier alpha value is -1.59. The van der Waals surface area contributed by atoms with Crippen molar-refractivity contribution in [1.29, 1.82) is 0 Å². The fraction of sp³-hybridized carbons (Fsp3) is 0.696. The Bertz CT molecular complexity index is 553. The van der Waals surface area contributed by atoms with Crippen molar-refractivity contribution < 1.29 is 4.74 Å². The second-order valence-corrected chi connectivity index (χ2v) is 7.54. The number of likely N-dealkylation sites (tertiary alicyclic amines) is 1. The van der Waals surface area contributed by atoms with Crippen LogP contribution in [0.15, 0.2) is 29.3 Å². The van der Waals surface area contributed by atoms with Crippen LogP contribution in [0.1, 0.15) is 63.5 Å². The van der Waals surface area contributed by atoms with Gasteiger partial charge in [-0.2, -0.15) is 0 Å². The van der Waals surface area contributed by atoms with Crippen LogP contribution < -0.4 is 10.6 Å². The fourth-order valence-electron chi connectivity index (χ4n) is 3.57. The van der Waals surface area contributed by atoms with Gasteiger partial charge in [0, 0.05) is 32.8 Å². The lowest BCUT2D eigenvalue weighted by Gasteiger charge is -2.20. The first kappa shape index (κ1) is 22.7. The van der Waals surface area contributed by atoms with Crippen molar-refractivity contribution in [3.05, 3.63) is 35.4 Å². The molecule has 0 aliphatic carbocycles. The molecule has 0 spiro atoms. The molecule has 1 saturated heterocycles. The van der Waals surface area contributed by atoms with Gasteiger partial charge in [0.2, 0.25) is 0 Å². The van der Waals surface area contributed by atoms with E-state index >= 15 is 0 Å². The van der Waals surface area contributed by atoms with Crippen molar-refractivity contribution in [2.45, 2.75) is 65.5 Å². The summed E-state index contributed by atoms with van der Waals surface area (Å²) in [7, 11) is 0. The van der Waals surface area contributed by atoms with E-state index in [1.54, 1.807) is 0 Å². The maximum absolute atomic E-state index is 5.39. The minimum Gasteiger partial charge on any atom is -0.382 e. The molecular formula is C23H40N4O. The zero-order chi connectivity index (χ0) is 19.9. The van der Waals surface area contributed by atoms with Crippen molar-refractivity contribution in [3.63, 3.8) is 0 Å². The van der Waals surface area contributed by atoms with Crippen LogP contribution in [0.2, 0.25) is 0 Å². The highest BCUT2D eigenvalue weighted by molar-refractivity contribution is 5.79. The lowest BCUT2D eigenvalue weighted by molar-refractivity contribution is 0.143. The first-order chi connectivity index (χ1) is 13.8. The molecule has 158 valence electrons. The summed E-state index contributed by atoms with van der Waals surface area (Å²) in [5.41, 5.74) is 2.68. The standard InChI is InChI=1S/C23H40N4O/c1-3-24-23(25-14-7-10-17-28-4-2)26-19-21-12-11-13-22(18-21)20-27-15-8-5-6-9-16-27/h11-13,18H,3-10,14-17,19-20H2,1-2H3,(H2,24,25,26). The first-order valence-electron chi connectivity index (χ1n) is 11.2. The molecule has 0 radical (unpaired) electrons. The summed E-state index contributed by atoms with van der Waals surface area (Å²) in [6.45, 7) is 11.8. The molecule has 5 nitrogen and oxygen atoms in total. The Morgan fingerprint density at radius 3 is 2.57 bits per heavy atom. The number of hydrogen-bond donors (Lipinski definition) is 2. The van der Waals surface area contributed by atoms with Crippen molar-refractivity contribution in [2.24, 2.45) is 4.99 Å². The molecule has 0 aromatic heterocycles. The SMILES string of the molecule is CCNC(=NCc1cccc(CN2CCCCCC2)c1)NCCCCOCC. The Morgan fingerprint density at radius 1 is 1.04 bits per heavy atom. The van der Waals surface area contributed by atoms with Gasteiger partial charge in [-0.15, -0.1) is 0 Å². The number of rotatable bonds is 11. The van der Waals surface area contributed by atoms with Crippen LogP contribution in [0.4, 0.5) is 0 Å². The van der Waals surface area contributed by atoms with Crippen molar-refractivity contribution in [2.75, 3.05) is 39.4 Å². The molecular weight excluding hydrogens is 348 g/mol. The summed E-state index contributed by atoms with van der Waals surface area (Å²) in [6, 6.07) is 8.92. The Balaban J connectivity index is 1.81. The van der Waals surface area contributed by atoms with Crippen LogP contribution in [-0.2, 0) is 17.8 Å². The van der Waals surface area contributed by atoms with E-state index in [1.807, 2.05) is 6.92 Å². The average Bonchev–Trinajstić information content (AvgIpc) is 2.97. The minimum atomic E-state index is 0.710. The molecule has 2 rings (SSSR count). The second kappa shape index (κ2) is 14.4. The maximum Gasteiger partial charge on any atom is 0.191 e. The molecule has 5 heteroatoms. The number of hydrogen-bond acceptors (Lipinski definition) is 3. The number of aliphatic imine (C=N–C) groups is 1. The zero-order valence-corrected chi connectivity index (χ0v) is 18.0. The van der Waals surface area contributed by atoms with Gasteiger partial charge < -0.3 is 15.4 Å². The fourth-order valence-corrected chi connectivity index (χ4v) is 3.57. The highest BCUT2D eigenvalue weighted by atomic mass is 16.5. The van der Waals surface area contributed by atoms with E-state index in [9.17, 15) is 0 Å². The molecule has 0 amide bonds. The van der Waals surface area contributed by atoms with Gasteiger partial charge in [-0.3, -0.25) is 4.90 Å². The van der Waals surface area contributed by atoms with E-state index in [-0.39, 0.29) is 0 Å². The average molecular weight is 389 g/mol. The van der Waals surface area contributed by atoms with Crippen LogP contribution in [0.25, 0.3) is 0 Å². The lowest BCUT2D eigenvalue weighted by Crippen LogP contribution is -2.37. The largest absolute Gasteiger partial charge is 0.382 e. The van der Waals surface area contributed by atoms with Gasteiger partial charge in [-0.05, 0) is 63.7 Å². The normalized spacial score (nSPS) is 16.0. The van der Waals surface area contributed by atoms with Gasteiger partial charge in [-0.25, -0.2) is 4.99 Å². The molecule has 1 aromatic carbocycles. The Morgan fingerprint density at radius 2 is 1.82 bits per heavy atom. The number of benzene rings is 1. The van der Waals surface area contributed by atoms with Crippen LogP contribution in [-0.4, -0.2) is 50.3 Å². The van der Waals surface area contributed by atoms with E-state index in [2.05, 4.69) is 46.7 Å². The van der Waals surface area contributed by atoms with Gasteiger partial charge in [-0.1, -0.05) is 37.1 Å². The lowest BCUT2D eigenvalue weighted by atomic mass is 10.1. The first-order valence-corrected chi connectivity index (χ1v) is 11.2. The van der Waals surface area contributed by atoms with Gasteiger partial charge in [0.15, 0.2) is 5.96 Å². The molecule has 0 bridgehead atoms. The molecule has 1 fully saturated rings. The minimum absolute atomic E-state index is 0.710. The molecule has 1 aliphatic rings. The van der Waals surface area contributed by atoms with E-state index < -0.39 is 0 Å². The van der Waals surface area contributed by atoms with Crippen molar-refractivity contribution in [3.8, 4) is 0 Å². The number of unbranched alkanes of at least 4 members (excludes halogenated alkanes) is 1. The van der Waals surface area contributed by atoms with E-state index in [0.29, 0.717) is 6.54 Å². The van der Waals surface area contributed by atoms with Crippen LogP contribution >= 0.6 is 0 Å². The van der Waals surface area contributed by atoms with Crippen LogP contribution in [0.3, 0.4) is 0 Å². The summed E-state index contributed by atoms with van der Waals surface area (Å²) in [4.78, 5) is 7.37. The Kier molecular flexibility index (Phi) is 11.7. The van der Waals surface area contributed by atoms with Gasteiger partial charge in [0.1, 0.15) is 0 Å². The molecule has 0 saturated carbocycles. The third-order valence-electron chi connectivity index (χ3n) is 5.07. The monoisotopic (exact) mass is 388 g/mol. The van der Waals surface area contributed by atoms with E-state index in [1.165, 1.54) is 49.9 Å². The van der Waals surface area contributed by atoms with Gasteiger partial charge >= 0.3 is 0 Å². The van der Waals surface area contributed by atoms with Crippen molar-refractivity contribution in [1.82, 2.24) is 15.5 Å². The number of nitrogens with zero attached hydrogens (tertiary/aromatic N) is 2. The van der Waals surface area contributed by atoms with Gasteiger partial charge in [0.25, 0.3) is 0 Å². The highest BCUT2D eigenvalue weighted by Crippen LogP contribution is 2.14. The predicted molar refractivity (Wildman–Crippen MR) is 119 cm³/mol. The topological polar surface area (TPSA) is 48.9 Å². The molecule has 1 aromatic rings. The van der Waals surface area contributed by atoms with E-state index in [4.69, 9.17) is 9.73 Å². The summed E-state index contributed by atoms with van der Waals surface area (Å²) in [6.07, 6.45) is 7.63. The van der Waals surface area contributed by atoms with Crippen LogP contribution in [0.5, 0.6) is 0 Å². The van der Waals surface area contributed by atoms with E-state index in [0.717, 1.165) is 51.6 Å². The second-order valence-electron chi connectivity index (χ2n) is 7.54. The number of ether oxygens (including phenoxy) is 1. The summed E-state index contributed by atoms with van der Waals surface area (Å²) < 4.78 is 5.39. The molecule has 1 aliphatic heterocycles. The zero-order valence-electron chi connectivity index (χ0n) is 18.0. The maximum atomic E-state index is 5.39. The van der Waals surface area contributed by atoms with Crippen molar-refractivity contribution >= 4 is 5.96 Å². The number of nitrogens with one attached hydrogen (secondary N) is 2. The quantitative estimate of drug-likeness (QED) is 0.342. The Labute approximate surface area is 171 Å². The molecule has 2 N–H and O–H groups in total. The number of guanidine groups is 1. The summed E-state index contributed by atoms with van der Waals surface area (Å²) >= 11 is 0. The molecule has 28 heavy (non-hydrogen) atoms. The highest BCUT2D eigenvalue weighted by Gasteiger charge is 2.09. The molecule has 0 unspecified atom stereocenters. The smallest absolute Gasteiger partial charge is 0.191 e. The summed E-state index contributed by atoms with van der Waals surface area (Å²) in [5, 5.41) is 6.77. The molecule has 1 heterocycles. The van der Waals surface area contributed by atoms with Crippen LogP contribution in [0, 0.1) is 0 Å². The molecule has 0 atom stereocenters. The third kappa shape index (κ3) is 9.56. The van der Waals surface area contributed by atoms with Gasteiger partial charge in [0.05, 0.1) is 6.54 Å². The predicted octanol–water partition coefficient (Wildman–Crippen LogP) is 3.93.